The lowest BCUT2D eigenvalue weighted by molar-refractivity contribution is -0.686. The van der Waals surface area contributed by atoms with Crippen molar-refractivity contribution in [3.05, 3.63) is 89.5 Å². The normalized spacial score (nSPS) is 10.5. The Morgan fingerprint density at radius 3 is 2.46 bits per heavy atom. The number of pyridine rings is 1. The van der Waals surface area contributed by atoms with E-state index < -0.39 is 0 Å². The van der Waals surface area contributed by atoms with Crippen molar-refractivity contribution in [2.24, 2.45) is 0 Å². The van der Waals surface area contributed by atoms with Crippen molar-refractivity contribution in [3.8, 4) is 11.5 Å². The second kappa shape index (κ2) is 8.97. The lowest BCUT2D eigenvalue weighted by atomic mass is 10.1. The summed E-state index contributed by atoms with van der Waals surface area (Å²) in [5.41, 5.74) is 2.73. The summed E-state index contributed by atoms with van der Waals surface area (Å²) < 4.78 is 25.2. The summed E-state index contributed by atoms with van der Waals surface area (Å²) in [7, 11) is 1.61. The Bertz CT molecular complexity index is 840. The fourth-order valence-corrected chi connectivity index (χ4v) is 2.73. The summed E-state index contributed by atoms with van der Waals surface area (Å²) >= 11 is 0. The van der Waals surface area contributed by atoms with Crippen LogP contribution in [-0.4, -0.2) is 12.1 Å². The van der Waals surface area contributed by atoms with E-state index in [1.54, 1.807) is 37.7 Å². The monoisotopic (exact) mass is 353 g/mol. The molecule has 1 heterocycles. The second-order valence-corrected chi connectivity index (χ2v) is 5.88. The molecule has 0 aliphatic carbocycles. The van der Waals surface area contributed by atoms with Crippen molar-refractivity contribution in [3.63, 3.8) is 0 Å². The molecule has 3 aromatic rings. The van der Waals surface area contributed by atoms with Crippen molar-refractivity contribution in [2.45, 2.75) is 19.7 Å². The summed E-state index contributed by atoms with van der Waals surface area (Å²) in [6.07, 6.45) is 3.58. The van der Waals surface area contributed by atoms with Crippen molar-refractivity contribution >= 4 is 0 Å². The van der Waals surface area contributed by atoms with Crippen LogP contribution < -0.4 is 14.8 Å². The van der Waals surface area contributed by atoms with Gasteiger partial charge in [0.05, 0.1) is 12.7 Å². The van der Waals surface area contributed by atoms with Gasteiger partial charge in [0.15, 0.2) is 11.5 Å². The summed E-state index contributed by atoms with van der Waals surface area (Å²) in [5.74, 6) is 1.04. The molecule has 5 heteroatoms. The van der Waals surface area contributed by atoms with E-state index in [0.717, 1.165) is 18.7 Å². The van der Waals surface area contributed by atoms with Gasteiger partial charge in [0.1, 0.15) is 25.5 Å². The van der Waals surface area contributed by atoms with Gasteiger partial charge in [-0.3, -0.25) is 4.98 Å². The van der Waals surface area contributed by atoms with Crippen molar-refractivity contribution in [2.75, 3.05) is 7.11 Å². The van der Waals surface area contributed by atoms with Crippen LogP contribution in [0.2, 0.25) is 0 Å². The minimum atomic E-state index is -0.270. The first-order chi connectivity index (χ1) is 12.8. The van der Waals surface area contributed by atoms with Crippen LogP contribution >= 0.6 is 0 Å². The molecule has 26 heavy (non-hydrogen) atoms. The first-order valence-corrected chi connectivity index (χ1v) is 8.50. The third-order valence-corrected chi connectivity index (χ3v) is 4.10. The molecular formula is C21H22FN2O2+. The number of nitrogens with two attached hydrogens (primary N) is 1. The van der Waals surface area contributed by atoms with Gasteiger partial charge in [-0.05, 0) is 30.3 Å². The summed E-state index contributed by atoms with van der Waals surface area (Å²) in [6.45, 7) is 1.73. The van der Waals surface area contributed by atoms with E-state index >= 15 is 0 Å². The molecule has 0 saturated carbocycles. The van der Waals surface area contributed by atoms with E-state index in [1.165, 1.54) is 11.6 Å². The molecule has 0 unspecified atom stereocenters. The molecule has 0 aliphatic heterocycles. The lowest BCUT2D eigenvalue weighted by Crippen LogP contribution is -2.80. The van der Waals surface area contributed by atoms with Gasteiger partial charge in [0.2, 0.25) is 0 Å². The fraction of sp³-hybridized carbons (Fsp3) is 0.190. The highest BCUT2D eigenvalue weighted by Gasteiger charge is 2.13. The molecule has 0 amide bonds. The number of hydrogen-bond donors (Lipinski definition) is 1. The molecule has 0 fully saturated rings. The molecule has 0 radical (unpaired) electrons. The smallest absolute Gasteiger partial charge is 0.170 e. The predicted octanol–water partition coefficient (Wildman–Crippen LogP) is 3.07. The zero-order valence-corrected chi connectivity index (χ0v) is 14.7. The Kier molecular flexibility index (Phi) is 6.17. The first-order valence-electron chi connectivity index (χ1n) is 8.50. The van der Waals surface area contributed by atoms with Crippen LogP contribution in [0.1, 0.15) is 16.7 Å². The van der Waals surface area contributed by atoms with E-state index in [4.69, 9.17) is 9.47 Å². The van der Waals surface area contributed by atoms with Gasteiger partial charge in [-0.1, -0.05) is 24.3 Å². The highest BCUT2D eigenvalue weighted by molar-refractivity contribution is 5.46. The van der Waals surface area contributed by atoms with Crippen LogP contribution in [0, 0.1) is 5.82 Å². The summed E-state index contributed by atoms with van der Waals surface area (Å²) in [6, 6.07) is 16.4. The second-order valence-electron chi connectivity index (χ2n) is 5.88. The average molecular weight is 353 g/mol. The third-order valence-electron chi connectivity index (χ3n) is 4.10. The molecule has 2 N–H and O–H groups in total. The van der Waals surface area contributed by atoms with Gasteiger partial charge in [0.25, 0.3) is 0 Å². The largest absolute Gasteiger partial charge is 0.493 e. The topological polar surface area (TPSA) is 48.0 Å². The highest BCUT2D eigenvalue weighted by Crippen LogP contribution is 2.31. The number of methoxy groups -OCH3 is 1. The van der Waals surface area contributed by atoms with Gasteiger partial charge in [0, 0.05) is 23.5 Å². The molecule has 0 saturated heterocycles. The number of nitrogens with zero attached hydrogens (tertiary/aromatic N) is 1. The zero-order chi connectivity index (χ0) is 18.2. The number of quaternary nitrogens is 1. The van der Waals surface area contributed by atoms with Gasteiger partial charge >= 0.3 is 0 Å². The van der Waals surface area contributed by atoms with Gasteiger partial charge in [-0.25, -0.2) is 4.39 Å². The third kappa shape index (κ3) is 4.58. The number of aromatic nitrogens is 1. The fourth-order valence-electron chi connectivity index (χ4n) is 2.73. The van der Waals surface area contributed by atoms with Crippen LogP contribution in [0.3, 0.4) is 0 Å². The molecule has 3 rings (SSSR count). The molecule has 1 aromatic heterocycles. The predicted molar refractivity (Wildman–Crippen MR) is 97.3 cm³/mol. The van der Waals surface area contributed by atoms with Crippen LogP contribution in [0.5, 0.6) is 11.5 Å². The van der Waals surface area contributed by atoms with Crippen LogP contribution in [0.4, 0.5) is 4.39 Å². The Hall–Kier alpha value is -2.92. The molecule has 0 bridgehead atoms. The van der Waals surface area contributed by atoms with E-state index in [0.29, 0.717) is 17.1 Å². The van der Waals surface area contributed by atoms with E-state index in [-0.39, 0.29) is 12.4 Å². The lowest BCUT2D eigenvalue weighted by Gasteiger charge is -2.15. The van der Waals surface area contributed by atoms with Crippen LogP contribution in [0.15, 0.2) is 67.0 Å². The van der Waals surface area contributed by atoms with E-state index in [1.807, 2.05) is 30.3 Å². The molecule has 134 valence electrons. The number of rotatable bonds is 8. The van der Waals surface area contributed by atoms with E-state index in [2.05, 4.69) is 10.3 Å². The molecular weight excluding hydrogens is 331 g/mol. The Labute approximate surface area is 152 Å². The van der Waals surface area contributed by atoms with Gasteiger partial charge in [-0.15, -0.1) is 0 Å². The van der Waals surface area contributed by atoms with Crippen molar-refractivity contribution in [1.29, 1.82) is 0 Å². The molecule has 2 aromatic carbocycles. The maximum atomic E-state index is 13.8. The minimum absolute atomic E-state index is 0.157. The van der Waals surface area contributed by atoms with Gasteiger partial charge in [-0.2, -0.15) is 0 Å². The van der Waals surface area contributed by atoms with Crippen LogP contribution in [-0.2, 0) is 19.7 Å². The Morgan fingerprint density at radius 1 is 0.923 bits per heavy atom. The Balaban J connectivity index is 1.70. The first kappa shape index (κ1) is 17.9. The summed E-state index contributed by atoms with van der Waals surface area (Å²) in [4.78, 5) is 4.03. The highest BCUT2D eigenvalue weighted by atomic mass is 19.1. The number of halogens is 1. The quantitative estimate of drug-likeness (QED) is 0.677. The molecule has 0 spiro atoms. The van der Waals surface area contributed by atoms with E-state index in [9.17, 15) is 4.39 Å². The standard InChI is InChI=1S/C21H21FN2O2/c1-25-20-8-4-6-17(14-24-13-16-9-11-23-12-10-16)21(20)26-15-18-5-2-3-7-19(18)22/h2-12,24H,13-15H2,1H3/p+1. The van der Waals surface area contributed by atoms with Crippen molar-refractivity contribution < 1.29 is 19.2 Å². The molecule has 0 atom stereocenters. The SMILES string of the molecule is COc1cccc(C[NH2+]Cc2ccncc2)c1OCc1ccccc1F. The maximum Gasteiger partial charge on any atom is 0.170 e. The zero-order valence-electron chi connectivity index (χ0n) is 14.7. The average Bonchev–Trinajstić information content (AvgIpc) is 2.68. The number of hydrogen-bond acceptors (Lipinski definition) is 3. The minimum Gasteiger partial charge on any atom is -0.493 e. The number of para-hydroxylation sites is 1. The molecule has 0 aliphatic rings. The maximum absolute atomic E-state index is 13.8. The summed E-state index contributed by atoms with van der Waals surface area (Å²) in [5, 5.41) is 2.18. The van der Waals surface area contributed by atoms with Gasteiger partial charge < -0.3 is 14.8 Å². The number of benzene rings is 2. The number of ether oxygens (including phenoxy) is 2. The van der Waals surface area contributed by atoms with Crippen molar-refractivity contribution in [1.82, 2.24) is 4.98 Å². The Morgan fingerprint density at radius 2 is 1.69 bits per heavy atom. The van der Waals surface area contributed by atoms with Crippen LogP contribution in [0.25, 0.3) is 0 Å². The molecule has 4 nitrogen and oxygen atoms in total.